The molecule has 0 saturated carbocycles. The third kappa shape index (κ3) is 6.35. The molecule has 0 aromatic carbocycles. The number of methoxy groups -OCH3 is 1. The average molecular weight is 202 g/mol. The first-order valence-corrected chi connectivity index (χ1v) is 5.53. The molecule has 1 atom stereocenters. The smallest absolute Gasteiger partial charge is 0.0771 e. The summed E-state index contributed by atoms with van der Waals surface area (Å²) in [6.07, 6.45) is 1.04. The molecule has 0 aliphatic rings. The fourth-order valence-electron chi connectivity index (χ4n) is 1.14. The number of hydrogen-bond acceptors (Lipinski definition) is 3. The summed E-state index contributed by atoms with van der Waals surface area (Å²) >= 11 is 0. The van der Waals surface area contributed by atoms with Gasteiger partial charge in [0, 0.05) is 32.8 Å². The van der Waals surface area contributed by atoms with E-state index in [0.717, 1.165) is 26.1 Å². The van der Waals surface area contributed by atoms with Gasteiger partial charge in [-0.25, -0.2) is 0 Å². The van der Waals surface area contributed by atoms with Gasteiger partial charge in [0.05, 0.1) is 5.60 Å². The topological polar surface area (TPSA) is 33.3 Å². The molecule has 0 fully saturated rings. The van der Waals surface area contributed by atoms with Crippen molar-refractivity contribution in [2.75, 3.05) is 26.7 Å². The molecule has 0 radical (unpaired) electrons. The fourth-order valence-corrected chi connectivity index (χ4v) is 1.14. The highest BCUT2D eigenvalue weighted by atomic mass is 16.5. The minimum atomic E-state index is -0.0160. The molecule has 14 heavy (non-hydrogen) atoms. The Hall–Kier alpha value is -0.120. The third-order valence-electron chi connectivity index (χ3n) is 2.59. The van der Waals surface area contributed by atoms with E-state index in [-0.39, 0.29) is 5.60 Å². The molecule has 1 unspecified atom stereocenters. The molecular weight excluding hydrogens is 176 g/mol. The predicted molar refractivity (Wildman–Crippen MR) is 61.7 cm³/mol. The van der Waals surface area contributed by atoms with Crippen molar-refractivity contribution in [3.63, 3.8) is 0 Å². The lowest BCUT2D eigenvalue weighted by molar-refractivity contribution is 0.00394. The molecule has 3 nitrogen and oxygen atoms in total. The SMILES string of the molecule is CCC(C)(CNCCNC(C)C)OC. The molecule has 2 N–H and O–H groups in total. The van der Waals surface area contributed by atoms with Crippen LogP contribution in [0.5, 0.6) is 0 Å². The molecule has 0 saturated heterocycles. The Morgan fingerprint density at radius 2 is 1.93 bits per heavy atom. The standard InChI is InChI=1S/C11H26N2O/c1-6-11(4,14-5)9-12-7-8-13-10(2)3/h10,12-13H,6-9H2,1-5H3. The van der Waals surface area contributed by atoms with E-state index in [0.29, 0.717) is 6.04 Å². The molecule has 86 valence electrons. The summed E-state index contributed by atoms with van der Waals surface area (Å²) in [6, 6.07) is 0.566. The monoisotopic (exact) mass is 202 g/mol. The third-order valence-corrected chi connectivity index (χ3v) is 2.59. The Kier molecular flexibility index (Phi) is 7.15. The van der Waals surface area contributed by atoms with Crippen molar-refractivity contribution < 1.29 is 4.74 Å². The number of rotatable bonds is 8. The van der Waals surface area contributed by atoms with Crippen LogP contribution in [0, 0.1) is 0 Å². The zero-order valence-corrected chi connectivity index (χ0v) is 10.3. The first-order chi connectivity index (χ1) is 6.54. The van der Waals surface area contributed by atoms with Crippen LogP contribution >= 0.6 is 0 Å². The van der Waals surface area contributed by atoms with Crippen LogP contribution < -0.4 is 10.6 Å². The lowest BCUT2D eigenvalue weighted by Crippen LogP contribution is -2.42. The van der Waals surface area contributed by atoms with E-state index in [9.17, 15) is 0 Å². The first kappa shape index (κ1) is 13.9. The molecule has 3 heteroatoms. The molecule has 0 aliphatic carbocycles. The van der Waals surface area contributed by atoms with Crippen LogP contribution in [0.15, 0.2) is 0 Å². The summed E-state index contributed by atoms with van der Waals surface area (Å²) < 4.78 is 5.43. The molecule has 0 aliphatic heterocycles. The molecule has 0 heterocycles. The summed E-state index contributed by atoms with van der Waals surface area (Å²) in [4.78, 5) is 0. The molecule has 0 bridgehead atoms. The van der Waals surface area contributed by atoms with Crippen LogP contribution in [0.25, 0.3) is 0 Å². The van der Waals surface area contributed by atoms with Gasteiger partial charge in [-0.15, -0.1) is 0 Å². The highest BCUT2D eigenvalue weighted by Gasteiger charge is 2.19. The molecule has 0 aromatic rings. The lowest BCUT2D eigenvalue weighted by atomic mass is 10.0. The van der Waals surface area contributed by atoms with Crippen molar-refractivity contribution in [3.05, 3.63) is 0 Å². The van der Waals surface area contributed by atoms with Crippen molar-refractivity contribution in [2.45, 2.75) is 45.8 Å². The van der Waals surface area contributed by atoms with Gasteiger partial charge in [-0.1, -0.05) is 20.8 Å². The van der Waals surface area contributed by atoms with Gasteiger partial charge >= 0.3 is 0 Å². The van der Waals surface area contributed by atoms with E-state index in [2.05, 4.69) is 38.3 Å². The second-order valence-electron chi connectivity index (χ2n) is 4.29. The zero-order valence-electron chi connectivity index (χ0n) is 10.3. The fraction of sp³-hybridized carbons (Fsp3) is 1.00. The molecule has 0 aromatic heterocycles. The van der Waals surface area contributed by atoms with Gasteiger partial charge in [0.2, 0.25) is 0 Å². The Morgan fingerprint density at radius 1 is 1.29 bits per heavy atom. The minimum absolute atomic E-state index is 0.0160. The maximum Gasteiger partial charge on any atom is 0.0771 e. The van der Waals surface area contributed by atoms with E-state index in [1.165, 1.54) is 0 Å². The van der Waals surface area contributed by atoms with Crippen molar-refractivity contribution in [1.82, 2.24) is 10.6 Å². The summed E-state index contributed by atoms with van der Waals surface area (Å²) in [6.45, 7) is 11.5. The Morgan fingerprint density at radius 3 is 2.36 bits per heavy atom. The Labute approximate surface area is 88.6 Å². The van der Waals surface area contributed by atoms with E-state index < -0.39 is 0 Å². The van der Waals surface area contributed by atoms with Gasteiger partial charge in [0.15, 0.2) is 0 Å². The second-order valence-corrected chi connectivity index (χ2v) is 4.29. The Bertz CT molecular complexity index is 133. The van der Waals surface area contributed by atoms with Crippen LogP contribution in [0.4, 0.5) is 0 Å². The van der Waals surface area contributed by atoms with Crippen molar-refractivity contribution >= 4 is 0 Å². The maximum absolute atomic E-state index is 5.43. The molecule has 0 rings (SSSR count). The number of nitrogens with one attached hydrogen (secondary N) is 2. The summed E-state index contributed by atoms with van der Waals surface area (Å²) in [5.41, 5.74) is -0.0160. The highest BCUT2D eigenvalue weighted by Crippen LogP contribution is 2.11. The number of ether oxygens (including phenoxy) is 1. The Balaban J connectivity index is 3.43. The maximum atomic E-state index is 5.43. The minimum Gasteiger partial charge on any atom is -0.377 e. The van der Waals surface area contributed by atoms with Crippen molar-refractivity contribution in [1.29, 1.82) is 0 Å². The van der Waals surface area contributed by atoms with E-state index in [4.69, 9.17) is 4.74 Å². The van der Waals surface area contributed by atoms with E-state index in [1.54, 1.807) is 7.11 Å². The summed E-state index contributed by atoms with van der Waals surface area (Å²) in [5, 5.41) is 6.76. The molecule has 0 amide bonds. The van der Waals surface area contributed by atoms with Gasteiger partial charge in [-0.3, -0.25) is 0 Å². The van der Waals surface area contributed by atoms with Gasteiger partial charge in [-0.2, -0.15) is 0 Å². The second kappa shape index (κ2) is 7.21. The predicted octanol–water partition coefficient (Wildman–Crippen LogP) is 1.39. The largest absolute Gasteiger partial charge is 0.377 e. The zero-order chi connectivity index (χ0) is 11.0. The van der Waals surface area contributed by atoms with Crippen molar-refractivity contribution in [3.8, 4) is 0 Å². The van der Waals surface area contributed by atoms with Gasteiger partial charge < -0.3 is 15.4 Å². The van der Waals surface area contributed by atoms with Gasteiger partial charge in [-0.05, 0) is 13.3 Å². The van der Waals surface area contributed by atoms with Crippen molar-refractivity contribution in [2.24, 2.45) is 0 Å². The van der Waals surface area contributed by atoms with Gasteiger partial charge in [0.1, 0.15) is 0 Å². The summed E-state index contributed by atoms with van der Waals surface area (Å²) in [7, 11) is 1.78. The lowest BCUT2D eigenvalue weighted by Gasteiger charge is -2.27. The van der Waals surface area contributed by atoms with Crippen LogP contribution in [0.2, 0.25) is 0 Å². The van der Waals surface area contributed by atoms with Crippen LogP contribution in [0.1, 0.15) is 34.1 Å². The van der Waals surface area contributed by atoms with Gasteiger partial charge in [0.25, 0.3) is 0 Å². The first-order valence-electron chi connectivity index (χ1n) is 5.53. The normalized spacial score (nSPS) is 15.9. The average Bonchev–Trinajstić information content (AvgIpc) is 2.16. The molecular formula is C11H26N2O. The van der Waals surface area contributed by atoms with Crippen LogP contribution in [0.3, 0.4) is 0 Å². The summed E-state index contributed by atoms with van der Waals surface area (Å²) in [5.74, 6) is 0. The van der Waals surface area contributed by atoms with E-state index >= 15 is 0 Å². The van der Waals surface area contributed by atoms with Crippen LogP contribution in [-0.2, 0) is 4.74 Å². The number of hydrogen-bond donors (Lipinski definition) is 2. The highest BCUT2D eigenvalue weighted by molar-refractivity contribution is 4.75. The van der Waals surface area contributed by atoms with Crippen LogP contribution in [-0.4, -0.2) is 38.4 Å². The van der Waals surface area contributed by atoms with E-state index in [1.807, 2.05) is 0 Å². The quantitative estimate of drug-likeness (QED) is 0.584. The molecule has 0 spiro atoms.